The maximum absolute atomic E-state index is 13.6. The number of sulfonamides is 1. The maximum Gasteiger partial charge on any atom is 0.453 e. The molecule has 34 heavy (non-hydrogen) atoms. The number of esters is 1. The third-order valence-electron chi connectivity index (χ3n) is 6.18. The molecule has 0 saturated carbocycles. The Kier molecular flexibility index (Phi) is 9.18. The highest BCUT2D eigenvalue weighted by atomic mass is 32.2. The molecular formula is C22H34F5NO5S. The van der Waals surface area contributed by atoms with E-state index in [1.54, 1.807) is 20.8 Å². The number of halogens is 5. The van der Waals surface area contributed by atoms with Crippen LogP contribution in [0.15, 0.2) is 12.2 Å². The van der Waals surface area contributed by atoms with Crippen LogP contribution in [0.4, 0.5) is 22.0 Å². The van der Waals surface area contributed by atoms with Crippen molar-refractivity contribution in [1.82, 2.24) is 4.31 Å². The van der Waals surface area contributed by atoms with E-state index in [0.29, 0.717) is 25.7 Å². The molecule has 6 nitrogen and oxygen atoms in total. The highest BCUT2D eigenvalue weighted by Gasteiger charge is 2.57. The van der Waals surface area contributed by atoms with Crippen molar-refractivity contribution in [1.29, 1.82) is 0 Å². The van der Waals surface area contributed by atoms with E-state index in [0.717, 1.165) is 6.08 Å². The molecule has 0 bridgehead atoms. The van der Waals surface area contributed by atoms with Crippen molar-refractivity contribution in [3.63, 3.8) is 0 Å². The van der Waals surface area contributed by atoms with Crippen molar-refractivity contribution < 1.29 is 44.6 Å². The zero-order valence-corrected chi connectivity index (χ0v) is 20.6. The van der Waals surface area contributed by atoms with Gasteiger partial charge in [-0.05, 0) is 52.4 Å². The number of carbonyl (C=O) groups is 1. The summed E-state index contributed by atoms with van der Waals surface area (Å²) >= 11 is 0. The molecule has 0 aliphatic carbocycles. The van der Waals surface area contributed by atoms with Gasteiger partial charge in [-0.3, -0.25) is 4.79 Å². The zero-order valence-electron chi connectivity index (χ0n) is 19.8. The fourth-order valence-electron chi connectivity index (χ4n) is 4.12. The molecule has 0 unspecified atom stereocenters. The lowest BCUT2D eigenvalue weighted by Crippen LogP contribution is -2.59. The monoisotopic (exact) mass is 519 g/mol. The van der Waals surface area contributed by atoms with Crippen molar-refractivity contribution in [2.24, 2.45) is 5.92 Å². The number of nitrogens with zero attached hydrogens (tertiary/aromatic N) is 1. The summed E-state index contributed by atoms with van der Waals surface area (Å²) < 4.78 is 99.9. The summed E-state index contributed by atoms with van der Waals surface area (Å²) in [5.41, 5.74) is -0.845. The minimum absolute atomic E-state index is 0.0114. The van der Waals surface area contributed by atoms with Crippen LogP contribution in [0.5, 0.6) is 0 Å². The van der Waals surface area contributed by atoms with Crippen LogP contribution in [-0.2, 0) is 24.3 Å². The van der Waals surface area contributed by atoms with Crippen LogP contribution in [0, 0.1) is 5.92 Å². The second-order valence-corrected chi connectivity index (χ2v) is 12.2. The van der Waals surface area contributed by atoms with E-state index in [2.05, 4.69) is 0 Å². The van der Waals surface area contributed by atoms with E-state index in [1.165, 1.54) is 10.4 Å². The van der Waals surface area contributed by atoms with Gasteiger partial charge in [-0.15, -0.1) is 0 Å². The summed E-state index contributed by atoms with van der Waals surface area (Å²) in [6, 6.07) is 0. The van der Waals surface area contributed by atoms with Gasteiger partial charge in [0.25, 0.3) is 0 Å². The lowest BCUT2D eigenvalue weighted by Gasteiger charge is -2.41. The van der Waals surface area contributed by atoms with Crippen molar-refractivity contribution in [3.05, 3.63) is 12.2 Å². The average molecular weight is 520 g/mol. The molecular weight excluding hydrogens is 485 g/mol. The van der Waals surface area contributed by atoms with Crippen LogP contribution in [0.3, 0.4) is 0 Å². The molecule has 2 heterocycles. The molecule has 2 aliphatic heterocycles. The number of piperidine rings is 1. The lowest BCUT2D eigenvalue weighted by atomic mass is 9.93. The standard InChI is InChI=1S/C22H34F5NO5S/c1-19(2,3)33-18(29)20(11-15-32-16-12-20)34(30,31)28-13-8-17(9-14-28)7-5-4-6-10-21(23,24)22(25,26)27/h4,6,17H,5,7-16H2,1-3H3/b6-4+. The van der Waals surface area contributed by atoms with Crippen LogP contribution in [0.25, 0.3) is 0 Å². The van der Waals surface area contributed by atoms with Crippen LogP contribution < -0.4 is 0 Å². The van der Waals surface area contributed by atoms with Crippen molar-refractivity contribution in [2.45, 2.75) is 88.2 Å². The molecule has 2 saturated heterocycles. The number of allylic oxidation sites excluding steroid dienone is 2. The number of alkyl halides is 5. The van der Waals surface area contributed by atoms with Crippen LogP contribution in [0.1, 0.15) is 65.7 Å². The Labute approximate surface area is 197 Å². The number of carbonyl (C=O) groups excluding carboxylic acids is 1. The Balaban J connectivity index is 1.95. The number of ether oxygens (including phenoxy) is 2. The molecule has 0 aromatic rings. The minimum Gasteiger partial charge on any atom is -0.459 e. The SMILES string of the molecule is CC(C)(C)OC(=O)C1(S(=O)(=O)N2CCC(CC/C=C/CC(F)(F)C(F)(F)F)CC2)CCOCC1. The van der Waals surface area contributed by atoms with Crippen LogP contribution >= 0.6 is 0 Å². The highest BCUT2D eigenvalue weighted by molar-refractivity contribution is 7.91. The summed E-state index contributed by atoms with van der Waals surface area (Å²) in [6.07, 6.45) is -2.92. The van der Waals surface area contributed by atoms with Gasteiger partial charge in [0.1, 0.15) is 5.60 Å². The molecule has 12 heteroatoms. The third kappa shape index (κ3) is 6.90. The van der Waals surface area contributed by atoms with Crippen LogP contribution in [-0.4, -0.2) is 67.4 Å². The number of rotatable bonds is 8. The summed E-state index contributed by atoms with van der Waals surface area (Å²) in [5.74, 6) is -5.42. The summed E-state index contributed by atoms with van der Waals surface area (Å²) in [7, 11) is -4.03. The Morgan fingerprint density at radius 2 is 1.62 bits per heavy atom. The first-order valence-corrected chi connectivity index (χ1v) is 12.9. The second-order valence-electron chi connectivity index (χ2n) is 9.91. The molecule has 2 fully saturated rings. The molecule has 0 aromatic carbocycles. The Hall–Kier alpha value is -1.27. The predicted molar refractivity (Wildman–Crippen MR) is 116 cm³/mol. The van der Waals surface area contributed by atoms with Crippen molar-refractivity contribution in [2.75, 3.05) is 26.3 Å². The molecule has 0 atom stereocenters. The van der Waals surface area contributed by atoms with Crippen molar-refractivity contribution >= 4 is 16.0 Å². The van der Waals surface area contributed by atoms with E-state index in [-0.39, 0.29) is 45.1 Å². The van der Waals surface area contributed by atoms with Gasteiger partial charge in [-0.1, -0.05) is 12.2 Å². The first-order valence-electron chi connectivity index (χ1n) is 11.4. The van der Waals surface area contributed by atoms with Gasteiger partial charge in [-0.2, -0.15) is 22.0 Å². The molecule has 0 radical (unpaired) electrons. The Morgan fingerprint density at radius 3 is 2.12 bits per heavy atom. The van der Waals surface area contributed by atoms with E-state index >= 15 is 0 Å². The first-order chi connectivity index (χ1) is 15.5. The topological polar surface area (TPSA) is 72.9 Å². The quantitative estimate of drug-likeness (QED) is 0.261. The van der Waals surface area contributed by atoms with Crippen LogP contribution in [0.2, 0.25) is 0 Å². The molecule has 198 valence electrons. The van der Waals surface area contributed by atoms with Gasteiger partial charge < -0.3 is 9.47 Å². The molecule has 2 rings (SSSR count). The third-order valence-corrected chi connectivity index (χ3v) is 8.78. The number of hydrogen-bond acceptors (Lipinski definition) is 5. The van der Waals surface area contributed by atoms with Gasteiger partial charge in [0.2, 0.25) is 10.0 Å². The second kappa shape index (κ2) is 10.8. The fraction of sp³-hybridized carbons (Fsp3) is 0.864. The Bertz CT molecular complexity index is 822. The lowest BCUT2D eigenvalue weighted by molar-refractivity contribution is -0.280. The van der Waals surface area contributed by atoms with Gasteiger partial charge in [-0.25, -0.2) is 12.7 Å². The van der Waals surface area contributed by atoms with Gasteiger partial charge in [0.05, 0.1) is 0 Å². The molecule has 0 N–H and O–H groups in total. The van der Waals surface area contributed by atoms with Gasteiger partial charge >= 0.3 is 18.1 Å². The van der Waals surface area contributed by atoms with E-state index in [1.807, 2.05) is 0 Å². The largest absolute Gasteiger partial charge is 0.459 e. The predicted octanol–water partition coefficient (Wildman–Crippen LogP) is 4.84. The highest BCUT2D eigenvalue weighted by Crippen LogP contribution is 2.39. The summed E-state index contributed by atoms with van der Waals surface area (Å²) in [6.45, 7) is 5.70. The Morgan fingerprint density at radius 1 is 1.06 bits per heavy atom. The average Bonchev–Trinajstić information content (AvgIpc) is 2.72. The van der Waals surface area contributed by atoms with Crippen molar-refractivity contribution in [3.8, 4) is 0 Å². The first kappa shape index (κ1) is 29.0. The van der Waals surface area contributed by atoms with E-state index in [9.17, 15) is 35.2 Å². The summed E-state index contributed by atoms with van der Waals surface area (Å²) in [4.78, 5) is 13.0. The zero-order chi connectivity index (χ0) is 25.8. The van der Waals surface area contributed by atoms with Gasteiger partial charge in [0, 0.05) is 45.6 Å². The molecule has 0 amide bonds. The van der Waals surface area contributed by atoms with Gasteiger partial charge in [0.15, 0.2) is 4.75 Å². The fourth-order valence-corrected chi connectivity index (χ4v) is 6.24. The molecule has 0 aromatic heterocycles. The molecule has 2 aliphatic rings. The molecule has 0 spiro atoms. The minimum atomic E-state index is -5.57. The smallest absolute Gasteiger partial charge is 0.453 e. The maximum atomic E-state index is 13.6. The van der Waals surface area contributed by atoms with E-state index < -0.39 is 44.9 Å². The summed E-state index contributed by atoms with van der Waals surface area (Å²) in [5, 5.41) is 0. The normalized spacial score (nSPS) is 21.6. The van der Waals surface area contributed by atoms with E-state index in [4.69, 9.17) is 9.47 Å². The number of hydrogen-bond donors (Lipinski definition) is 0.